The number of nitrogens with one attached hydrogen (secondary N) is 1. The van der Waals surface area contributed by atoms with E-state index < -0.39 is 0 Å². The average Bonchev–Trinajstić information content (AvgIpc) is 2.34. The Hall–Kier alpha value is -0.770. The highest BCUT2D eigenvalue weighted by Gasteiger charge is 2.26. The van der Waals surface area contributed by atoms with E-state index in [1.807, 2.05) is 18.2 Å². The van der Waals surface area contributed by atoms with Crippen molar-refractivity contribution in [2.24, 2.45) is 11.7 Å². The van der Waals surface area contributed by atoms with Crippen molar-refractivity contribution in [1.29, 1.82) is 0 Å². The number of carbonyl (C=O) groups excluding carboxylic acids is 1. The minimum Gasteiger partial charge on any atom is -0.369 e. The molecule has 2 atom stereocenters. The van der Waals surface area contributed by atoms with Gasteiger partial charge in [-0.2, -0.15) is 0 Å². The third-order valence-electron chi connectivity index (χ3n) is 3.46. The van der Waals surface area contributed by atoms with Gasteiger partial charge in [0.05, 0.1) is 29.1 Å². The molecule has 0 aliphatic carbocycles. The summed E-state index contributed by atoms with van der Waals surface area (Å²) in [5.41, 5.74) is 6.52. The molecular weight excluding hydrogens is 271 g/mol. The molecule has 3 N–H and O–H groups in total. The number of nitrogens with two attached hydrogens (primary N) is 1. The van der Waals surface area contributed by atoms with Gasteiger partial charge in [0.2, 0.25) is 5.91 Å². The lowest BCUT2D eigenvalue weighted by atomic mass is 9.97. The first-order valence-corrected chi connectivity index (χ1v) is 6.88. The summed E-state index contributed by atoms with van der Waals surface area (Å²) in [5, 5.41) is 1.15. The summed E-state index contributed by atoms with van der Waals surface area (Å²) in [7, 11) is 0. The van der Waals surface area contributed by atoms with Crippen LogP contribution < -0.4 is 10.6 Å². The highest BCUT2D eigenvalue weighted by Crippen LogP contribution is 2.22. The van der Waals surface area contributed by atoms with Gasteiger partial charge >= 0.3 is 0 Å². The molecule has 1 amide bonds. The molecule has 1 aliphatic rings. The van der Waals surface area contributed by atoms with Crippen molar-refractivity contribution in [3.8, 4) is 0 Å². The van der Waals surface area contributed by atoms with Gasteiger partial charge in [0.15, 0.2) is 0 Å². The van der Waals surface area contributed by atoms with E-state index in [4.69, 9.17) is 28.9 Å². The number of quaternary nitrogens is 1. The zero-order valence-electron chi connectivity index (χ0n) is 10.1. The van der Waals surface area contributed by atoms with Crippen molar-refractivity contribution in [1.82, 2.24) is 0 Å². The number of likely N-dealkylation sites (tertiary alicyclic amines) is 1. The van der Waals surface area contributed by atoms with E-state index in [0.717, 1.165) is 38.0 Å². The lowest BCUT2D eigenvalue weighted by Gasteiger charge is -2.28. The first-order valence-electron chi connectivity index (χ1n) is 6.13. The summed E-state index contributed by atoms with van der Waals surface area (Å²) in [6.07, 6.45) is 1.96. The highest BCUT2D eigenvalue weighted by atomic mass is 35.5. The van der Waals surface area contributed by atoms with Gasteiger partial charge < -0.3 is 10.6 Å². The molecule has 0 bridgehead atoms. The molecule has 98 valence electrons. The molecule has 1 heterocycles. The second-order valence-corrected chi connectivity index (χ2v) is 5.69. The SMILES string of the molecule is NC(=O)[C@H]1CCC[NH+](Cc2ccc(Cl)c(Cl)c2)C1. The Labute approximate surface area is 117 Å². The smallest absolute Gasteiger partial charge is 0.226 e. The molecule has 3 nitrogen and oxygen atoms in total. The molecule has 1 aliphatic heterocycles. The second kappa shape index (κ2) is 5.91. The number of hydrogen-bond acceptors (Lipinski definition) is 1. The van der Waals surface area contributed by atoms with Crippen LogP contribution in [0.5, 0.6) is 0 Å². The molecule has 18 heavy (non-hydrogen) atoms. The Morgan fingerprint density at radius 1 is 1.39 bits per heavy atom. The topological polar surface area (TPSA) is 47.5 Å². The maximum Gasteiger partial charge on any atom is 0.226 e. The summed E-state index contributed by atoms with van der Waals surface area (Å²) < 4.78 is 0. The van der Waals surface area contributed by atoms with E-state index >= 15 is 0 Å². The normalized spacial score (nSPS) is 23.9. The summed E-state index contributed by atoms with van der Waals surface area (Å²) >= 11 is 11.9. The van der Waals surface area contributed by atoms with Crippen molar-refractivity contribution in [3.05, 3.63) is 33.8 Å². The number of benzene rings is 1. The van der Waals surface area contributed by atoms with Crippen LogP contribution in [0.2, 0.25) is 10.0 Å². The Kier molecular flexibility index (Phi) is 4.49. The molecule has 0 saturated carbocycles. The predicted molar refractivity (Wildman–Crippen MR) is 72.8 cm³/mol. The molecule has 1 aromatic rings. The molecule has 2 rings (SSSR count). The molecular formula is C13H17Cl2N2O+. The zero-order valence-corrected chi connectivity index (χ0v) is 11.6. The lowest BCUT2D eigenvalue weighted by Crippen LogP contribution is -3.12. The largest absolute Gasteiger partial charge is 0.369 e. The summed E-state index contributed by atoms with van der Waals surface area (Å²) in [6, 6.07) is 5.69. The fraction of sp³-hybridized carbons (Fsp3) is 0.462. The van der Waals surface area contributed by atoms with Crippen LogP contribution in [0.4, 0.5) is 0 Å². The van der Waals surface area contributed by atoms with E-state index in [1.54, 1.807) is 0 Å². The van der Waals surface area contributed by atoms with Gasteiger partial charge in [0.1, 0.15) is 6.54 Å². The molecule has 1 saturated heterocycles. The Balaban J connectivity index is 2.00. The van der Waals surface area contributed by atoms with Crippen molar-refractivity contribution < 1.29 is 9.69 Å². The number of carbonyl (C=O) groups is 1. The van der Waals surface area contributed by atoms with Crippen molar-refractivity contribution in [3.63, 3.8) is 0 Å². The van der Waals surface area contributed by atoms with E-state index in [1.165, 1.54) is 4.90 Å². The number of primary amides is 1. The van der Waals surface area contributed by atoms with E-state index in [2.05, 4.69) is 0 Å². The zero-order chi connectivity index (χ0) is 13.1. The fourth-order valence-electron chi connectivity index (χ4n) is 2.49. The fourth-order valence-corrected chi connectivity index (χ4v) is 2.81. The van der Waals surface area contributed by atoms with Gasteiger partial charge in [-0.15, -0.1) is 0 Å². The second-order valence-electron chi connectivity index (χ2n) is 4.87. The Bertz CT molecular complexity index is 451. The summed E-state index contributed by atoms with van der Waals surface area (Å²) in [6.45, 7) is 2.75. The van der Waals surface area contributed by atoms with Gasteiger partial charge in [-0.25, -0.2) is 0 Å². The van der Waals surface area contributed by atoms with E-state index in [0.29, 0.717) is 10.0 Å². The summed E-state index contributed by atoms with van der Waals surface area (Å²) in [4.78, 5) is 12.6. The van der Waals surface area contributed by atoms with Gasteiger partial charge in [0, 0.05) is 5.56 Å². The number of halogens is 2. The van der Waals surface area contributed by atoms with Gasteiger partial charge in [0.25, 0.3) is 0 Å². The molecule has 0 radical (unpaired) electrons. The minimum absolute atomic E-state index is 0.0107. The van der Waals surface area contributed by atoms with Gasteiger partial charge in [-0.3, -0.25) is 4.79 Å². The van der Waals surface area contributed by atoms with Gasteiger partial charge in [-0.05, 0) is 25.0 Å². The number of hydrogen-bond donors (Lipinski definition) is 2. The third-order valence-corrected chi connectivity index (χ3v) is 4.20. The van der Waals surface area contributed by atoms with Crippen LogP contribution in [-0.2, 0) is 11.3 Å². The number of piperidine rings is 1. The lowest BCUT2D eigenvalue weighted by molar-refractivity contribution is -0.921. The standard InChI is InChI=1S/C13H16Cl2N2O/c14-11-4-3-9(6-12(11)15)7-17-5-1-2-10(8-17)13(16)18/h3-4,6,10H,1-2,5,7-8H2,(H2,16,18)/p+1/t10-/m0/s1. The molecule has 1 unspecified atom stereocenters. The van der Waals surface area contributed by atoms with Crippen molar-refractivity contribution in [2.75, 3.05) is 13.1 Å². The van der Waals surface area contributed by atoms with Gasteiger partial charge in [-0.1, -0.05) is 29.3 Å². The molecule has 0 aromatic heterocycles. The Morgan fingerprint density at radius 3 is 2.83 bits per heavy atom. The number of rotatable bonds is 3. The van der Waals surface area contributed by atoms with Crippen LogP contribution in [-0.4, -0.2) is 19.0 Å². The van der Waals surface area contributed by atoms with Crippen LogP contribution in [0.15, 0.2) is 18.2 Å². The number of amides is 1. The minimum atomic E-state index is -0.179. The highest BCUT2D eigenvalue weighted by molar-refractivity contribution is 6.42. The average molecular weight is 288 g/mol. The van der Waals surface area contributed by atoms with Crippen molar-refractivity contribution in [2.45, 2.75) is 19.4 Å². The van der Waals surface area contributed by atoms with E-state index in [-0.39, 0.29) is 11.8 Å². The van der Waals surface area contributed by atoms with Crippen LogP contribution in [0.3, 0.4) is 0 Å². The monoisotopic (exact) mass is 287 g/mol. The molecule has 5 heteroatoms. The predicted octanol–water partition coefficient (Wildman–Crippen LogP) is 1.27. The Morgan fingerprint density at radius 2 is 2.17 bits per heavy atom. The van der Waals surface area contributed by atoms with E-state index in [9.17, 15) is 4.79 Å². The van der Waals surface area contributed by atoms with Crippen molar-refractivity contribution >= 4 is 29.1 Å². The maximum absolute atomic E-state index is 11.2. The van der Waals surface area contributed by atoms with Crippen LogP contribution >= 0.6 is 23.2 Å². The maximum atomic E-state index is 11.2. The summed E-state index contributed by atoms with van der Waals surface area (Å²) in [5.74, 6) is -0.169. The first-order chi connectivity index (χ1) is 8.56. The molecule has 0 spiro atoms. The van der Waals surface area contributed by atoms with Crippen LogP contribution in [0.25, 0.3) is 0 Å². The quantitative estimate of drug-likeness (QED) is 0.864. The van der Waals surface area contributed by atoms with Crippen LogP contribution in [0, 0.1) is 5.92 Å². The molecule has 1 aromatic carbocycles. The molecule has 1 fully saturated rings. The first kappa shape index (κ1) is 13.7. The third kappa shape index (κ3) is 3.37. The van der Waals surface area contributed by atoms with Crippen LogP contribution in [0.1, 0.15) is 18.4 Å².